The molecule has 0 spiro atoms. The largest absolute Gasteiger partial charge is 0.326 e. The minimum atomic E-state index is -3.72. The number of nitrogens with one attached hydrogen (secondary N) is 2. The maximum absolute atomic E-state index is 12.4. The smallest absolute Gasteiger partial charge is 0.261 e. The van der Waals surface area contributed by atoms with Gasteiger partial charge in [-0.3, -0.25) is 14.5 Å². The van der Waals surface area contributed by atoms with E-state index in [9.17, 15) is 13.2 Å². The van der Waals surface area contributed by atoms with Crippen LogP contribution in [0.2, 0.25) is 5.02 Å². The highest BCUT2D eigenvalue weighted by atomic mass is 35.5. The maximum Gasteiger partial charge on any atom is 0.261 e. The SMILES string of the molecule is O=C(CCSc1ccc(Cl)cc1)Nc1ccc(S(=O)(=O)Nc2cccnc2)cc1. The Bertz CT molecular complexity index is 1060. The second-order valence-corrected chi connectivity index (χ2v) is 9.26. The number of anilines is 2. The molecule has 0 radical (unpaired) electrons. The molecule has 0 aliphatic rings. The quantitative estimate of drug-likeness (QED) is 0.490. The summed E-state index contributed by atoms with van der Waals surface area (Å²) >= 11 is 7.41. The van der Waals surface area contributed by atoms with E-state index in [4.69, 9.17) is 11.6 Å². The van der Waals surface area contributed by atoms with Gasteiger partial charge in [0.2, 0.25) is 5.91 Å². The third-order valence-electron chi connectivity index (χ3n) is 3.77. The summed E-state index contributed by atoms with van der Waals surface area (Å²) in [5.41, 5.74) is 0.912. The fourth-order valence-electron chi connectivity index (χ4n) is 2.37. The molecule has 0 atom stereocenters. The summed E-state index contributed by atoms with van der Waals surface area (Å²) in [6.45, 7) is 0. The molecular formula is C20H18ClN3O3S2. The number of nitrogens with zero attached hydrogens (tertiary/aromatic N) is 1. The van der Waals surface area contributed by atoms with Gasteiger partial charge >= 0.3 is 0 Å². The van der Waals surface area contributed by atoms with Gasteiger partial charge in [-0.05, 0) is 60.7 Å². The molecule has 0 saturated carbocycles. The Hall–Kier alpha value is -2.55. The number of hydrogen-bond acceptors (Lipinski definition) is 5. The van der Waals surface area contributed by atoms with Crippen LogP contribution in [0.5, 0.6) is 0 Å². The predicted molar refractivity (Wildman–Crippen MR) is 117 cm³/mol. The second kappa shape index (κ2) is 9.78. The van der Waals surface area contributed by atoms with Crippen molar-refractivity contribution in [1.29, 1.82) is 0 Å². The lowest BCUT2D eigenvalue weighted by molar-refractivity contribution is -0.115. The fraction of sp³-hybridized carbons (Fsp3) is 0.100. The van der Waals surface area contributed by atoms with Crippen molar-refractivity contribution < 1.29 is 13.2 Å². The van der Waals surface area contributed by atoms with Gasteiger partial charge in [0.25, 0.3) is 10.0 Å². The maximum atomic E-state index is 12.4. The average molecular weight is 448 g/mol. The van der Waals surface area contributed by atoms with Crippen LogP contribution in [-0.4, -0.2) is 25.1 Å². The number of carbonyl (C=O) groups excluding carboxylic acids is 1. The molecule has 0 bridgehead atoms. The Morgan fingerprint density at radius 3 is 2.38 bits per heavy atom. The van der Waals surface area contributed by atoms with Crippen LogP contribution in [0.1, 0.15) is 6.42 Å². The van der Waals surface area contributed by atoms with Crippen molar-refractivity contribution in [2.45, 2.75) is 16.2 Å². The zero-order chi connectivity index (χ0) is 20.7. The zero-order valence-electron chi connectivity index (χ0n) is 15.2. The van der Waals surface area contributed by atoms with E-state index < -0.39 is 10.0 Å². The van der Waals surface area contributed by atoms with Gasteiger partial charge in [-0.1, -0.05) is 11.6 Å². The van der Waals surface area contributed by atoms with Crippen molar-refractivity contribution in [3.8, 4) is 0 Å². The summed E-state index contributed by atoms with van der Waals surface area (Å²) in [5.74, 6) is 0.477. The van der Waals surface area contributed by atoms with Gasteiger partial charge in [-0.15, -0.1) is 11.8 Å². The molecule has 0 aliphatic carbocycles. The number of amides is 1. The highest BCUT2D eigenvalue weighted by molar-refractivity contribution is 7.99. The Kier molecular flexibility index (Phi) is 7.13. The van der Waals surface area contributed by atoms with Gasteiger partial charge in [0.15, 0.2) is 0 Å². The Morgan fingerprint density at radius 2 is 1.72 bits per heavy atom. The molecule has 3 aromatic rings. The molecule has 150 valence electrons. The van der Waals surface area contributed by atoms with Gasteiger partial charge in [-0.25, -0.2) is 8.42 Å². The van der Waals surface area contributed by atoms with E-state index in [1.54, 1.807) is 42.2 Å². The number of rotatable bonds is 8. The molecule has 2 N–H and O–H groups in total. The van der Waals surface area contributed by atoms with E-state index in [1.165, 1.54) is 18.3 Å². The van der Waals surface area contributed by atoms with Crippen LogP contribution < -0.4 is 10.0 Å². The molecule has 9 heteroatoms. The van der Waals surface area contributed by atoms with E-state index in [0.29, 0.717) is 28.6 Å². The first-order valence-corrected chi connectivity index (χ1v) is 11.5. The van der Waals surface area contributed by atoms with E-state index in [0.717, 1.165) is 4.90 Å². The summed E-state index contributed by atoms with van der Waals surface area (Å²) in [4.78, 5) is 17.1. The van der Waals surface area contributed by atoms with Crippen LogP contribution in [0.15, 0.2) is 82.8 Å². The van der Waals surface area contributed by atoms with Crippen molar-refractivity contribution >= 4 is 50.7 Å². The Morgan fingerprint density at radius 1 is 1.00 bits per heavy atom. The summed E-state index contributed by atoms with van der Waals surface area (Å²) in [5, 5.41) is 3.44. The van der Waals surface area contributed by atoms with Crippen molar-refractivity contribution in [3.05, 3.63) is 78.1 Å². The predicted octanol–water partition coefficient (Wildman–Crippen LogP) is 4.66. The second-order valence-electron chi connectivity index (χ2n) is 5.97. The molecule has 0 saturated heterocycles. The first-order chi connectivity index (χ1) is 13.9. The topological polar surface area (TPSA) is 88.2 Å². The van der Waals surface area contributed by atoms with E-state index in [2.05, 4.69) is 15.0 Å². The van der Waals surface area contributed by atoms with E-state index in [-0.39, 0.29) is 10.8 Å². The van der Waals surface area contributed by atoms with Crippen molar-refractivity contribution in [1.82, 2.24) is 4.98 Å². The van der Waals surface area contributed by atoms with E-state index >= 15 is 0 Å². The standard InChI is InChI=1S/C20H18ClN3O3S2/c21-15-3-7-18(8-4-15)28-13-11-20(25)23-16-5-9-19(10-6-16)29(26,27)24-17-2-1-12-22-14-17/h1-10,12,14,24H,11,13H2,(H,23,25). The molecule has 6 nitrogen and oxygen atoms in total. The highest BCUT2D eigenvalue weighted by Gasteiger charge is 2.14. The number of pyridine rings is 1. The van der Waals surface area contributed by atoms with Gasteiger partial charge in [0.05, 0.1) is 16.8 Å². The highest BCUT2D eigenvalue weighted by Crippen LogP contribution is 2.22. The van der Waals surface area contributed by atoms with Crippen LogP contribution in [-0.2, 0) is 14.8 Å². The number of halogens is 1. The average Bonchev–Trinajstić information content (AvgIpc) is 2.70. The van der Waals surface area contributed by atoms with Gasteiger partial charge in [0.1, 0.15) is 0 Å². The Labute approximate surface area is 178 Å². The molecular weight excluding hydrogens is 430 g/mol. The van der Waals surface area contributed by atoms with Gasteiger partial charge < -0.3 is 5.32 Å². The van der Waals surface area contributed by atoms with Crippen molar-refractivity contribution in [2.75, 3.05) is 15.8 Å². The number of aromatic nitrogens is 1. The van der Waals surface area contributed by atoms with Crippen LogP contribution >= 0.6 is 23.4 Å². The molecule has 0 aliphatic heterocycles. The van der Waals surface area contributed by atoms with Crippen LogP contribution in [0.3, 0.4) is 0 Å². The summed E-state index contributed by atoms with van der Waals surface area (Å²) < 4.78 is 27.2. The van der Waals surface area contributed by atoms with Crippen LogP contribution in [0.4, 0.5) is 11.4 Å². The van der Waals surface area contributed by atoms with Crippen LogP contribution in [0.25, 0.3) is 0 Å². The first kappa shape index (κ1) is 21.2. The van der Waals surface area contributed by atoms with Gasteiger partial charge in [-0.2, -0.15) is 0 Å². The molecule has 2 aromatic carbocycles. The third kappa shape index (κ3) is 6.49. The monoisotopic (exact) mass is 447 g/mol. The molecule has 1 aromatic heterocycles. The molecule has 29 heavy (non-hydrogen) atoms. The minimum absolute atomic E-state index is 0.0950. The van der Waals surface area contributed by atoms with Gasteiger partial charge in [0, 0.05) is 34.0 Å². The van der Waals surface area contributed by atoms with Crippen LogP contribution in [0, 0.1) is 0 Å². The molecule has 1 amide bonds. The lowest BCUT2D eigenvalue weighted by Crippen LogP contribution is -2.14. The van der Waals surface area contributed by atoms with Crippen molar-refractivity contribution in [2.24, 2.45) is 0 Å². The first-order valence-electron chi connectivity index (χ1n) is 8.63. The third-order valence-corrected chi connectivity index (χ3v) is 6.44. The fourth-order valence-corrected chi connectivity index (χ4v) is 4.39. The number of hydrogen-bond donors (Lipinski definition) is 2. The van der Waals surface area contributed by atoms with Crippen molar-refractivity contribution in [3.63, 3.8) is 0 Å². The molecule has 1 heterocycles. The summed E-state index contributed by atoms with van der Waals surface area (Å²) in [6.07, 6.45) is 3.31. The normalized spacial score (nSPS) is 11.1. The number of sulfonamides is 1. The lowest BCUT2D eigenvalue weighted by Gasteiger charge is -2.09. The van der Waals surface area contributed by atoms with E-state index in [1.807, 2.05) is 24.3 Å². The number of benzene rings is 2. The molecule has 3 rings (SSSR count). The number of thioether (sulfide) groups is 1. The lowest BCUT2D eigenvalue weighted by atomic mass is 10.3. The Balaban J connectivity index is 1.51. The molecule has 0 unspecified atom stereocenters. The zero-order valence-corrected chi connectivity index (χ0v) is 17.6. The summed E-state index contributed by atoms with van der Waals surface area (Å²) in [6, 6.07) is 16.7. The number of carbonyl (C=O) groups is 1. The summed E-state index contributed by atoms with van der Waals surface area (Å²) in [7, 11) is -3.72. The minimum Gasteiger partial charge on any atom is -0.326 e. The molecule has 0 fully saturated rings.